The van der Waals surface area contributed by atoms with E-state index in [4.69, 9.17) is 6.42 Å². The molecule has 2 aromatic heterocycles. The quantitative estimate of drug-likeness (QED) is 0.768. The summed E-state index contributed by atoms with van der Waals surface area (Å²) in [6.07, 6.45) is 8.53. The monoisotopic (exact) mass is 341 g/mol. The molecule has 132 valence electrons. The average Bonchev–Trinajstić information content (AvgIpc) is 2.98. The van der Waals surface area contributed by atoms with Gasteiger partial charge in [0.05, 0.1) is 13.1 Å². The molecule has 0 aromatic carbocycles. The number of aryl methyl sites for hydroxylation is 1. The third kappa shape index (κ3) is 4.06. The largest absolute Gasteiger partial charge is 0.355 e. The number of fused-ring (bicyclic) bond motifs is 1. The summed E-state index contributed by atoms with van der Waals surface area (Å²) in [4.78, 5) is 25.0. The molecule has 0 atom stereocenters. The van der Waals surface area contributed by atoms with Crippen LogP contribution in [0.5, 0.6) is 0 Å². The fraction of sp³-hybridized carbons (Fsp3) is 0.529. The van der Waals surface area contributed by atoms with Crippen LogP contribution >= 0.6 is 0 Å². The summed E-state index contributed by atoms with van der Waals surface area (Å²) in [6.45, 7) is 6.16. The van der Waals surface area contributed by atoms with Crippen molar-refractivity contribution in [2.75, 3.05) is 44.2 Å². The van der Waals surface area contributed by atoms with Crippen molar-refractivity contribution in [1.29, 1.82) is 0 Å². The van der Waals surface area contributed by atoms with Gasteiger partial charge in [-0.3, -0.25) is 9.69 Å². The summed E-state index contributed by atoms with van der Waals surface area (Å²) in [6, 6.07) is 2.08. The summed E-state index contributed by atoms with van der Waals surface area (Å²) < 4.78 is 1.79. The first-order chi connectivity index (χ1) is 12.2. The molecule has 0 spiro atoms. The van der Waals surface area contributed by atoms with Crippen molar-refractivity contribution < 1.29 is 4.79 Å². The van der Waals surface area contributed by atoms with E-state index in [2.05, 4.69) is 49.1 Å². The predicted molar refractivity (Wildman–Crippen MR) is 95.3 cm³/mol. The van der Waals surface area contributed by atoms with Crippen molar-refractivity contribution in [3.8, 4) is 12.3 Å². The maximum atomic E-state index is 11.9. The van der Waals surface area contributed by atoms with E-state index in [0.717, 1.165) is 50.5 Å². The van der Waals surface area contributed by atoms with Crippen LogP contribution in [0.25, 0.3) is 5.78 Å². The van der Waals surface area contributed by atoms with Gasteiger partial charge in [0, 0.05) is 37.9 Å². The molecule has 0 saturated carbocycles. The fourth-order valence-corrected chi connectivity index (χ4v) is 3.02. The number of nitrogens with one attached hydrogen (secondary N) is 1. The van der Waals surface area contributed by atoms with Crippen LogP contribution in [0, 0.1) is 12.3 Å². The zero-order valence-corrected chi connectivity index (χ0v) is 14.5. The summed E-state index contributed by atoms with van der Waals surface area (Å²) >= 11 is 0. The Balaban J connectivity index is 1.70. The molecule has 0 radical (unpaired) electrons. The van der Waals surface area contributed by atoms with Gasteiger partial charge in [0.1, 0.15) is 12.1 Å². The summed E-state index contributed by atoms with van der Waals surface area (Å²) in [5.41, 5.74) is 1.00. The van der Waals surface area contributed by atoms with Gasteiger partial charge in [0.15, 0.2) is 0 Å². The molecule has 3 heterocycles. The number of rotatable bonds is 5. The number of amides is 1. The maximum absolute atomic E-state index is 11.9. The molecular weight excluding hydrogens is 318 g/mol. The lowest BCUT2D eigenvalue weighted by Crippen LogP contribution is -2.39. The predicted octanol–water partition coefficient (Wildman–Crippen LogP) is -0.0518. The Bertz CT molecular complexity index is 779. The highest BCUT2D eigenvalue weighted by molar-refractivity contribution is 5.78. The number of terminal acetylenes is 1. The lowest BCUT2D eigenvalue weighted by atomic mass is 10.3. The van der Waals surface area contributed by atoms with E-state index >= 15 is 0 Å². The van der Waals surface area contributed by atoms with Crippen LogP contribution in [0.2, 0.25) is 0 Å². The third-order valence-corrected chi connectivity index (χ3v) is 4.32. The van der Waals surface area contributed by atoms with Gasteiger partial charge in [0.25, 0.3) is 5.78 Å². The Morgan fingerprint density at radius 2 is 2.24 bits per heavy atom. The molecule has 2 aromatic rings. The van der Waals surface area contributed by atoms with E-state index in [1.165, 1.54) is 6.33 Å². The molecule has 25 heavy (non-hydrogen) atoms. The van der Waals surface area contributed by atoms with Crippen molar-refractivity contribution in [2.45, 2.75) is 19.8 Å². The van der Waals surface area contributed by atoms with Crippen LogP contribution in [0.15, 0.2) is 12.4 Å². The number of aromatic nitrogens is 4. The van der Waals surface area contributed by atoms with Crippen LogP contribution in [-0.2, 0) is 11.2 Å². The van der Waals surface area contributed by atoms with Gasteiger partial charge in [-0.25, -0.2) is 4.98 Å². The minimum absolute atomic E-state index is 0.0257. The first-order valence-corrected chi connectivity index (χ1v) is 8.58. The summed E-state index contributed by atoms with van der Waals surface area (Å²) in [5.74, 6) is 4.04. The molecule has 1 saturated heterocycles. The van der Waals surface area contributed by atoms with E-state index in [1.54, 1.807) is 4.52 Å². The fourth-order valence-electron chi connectivity index (χ4n) is 3.02. The SMILES string of the molecule is C#CCNC(=O)CN1CCCN(c2cc(CC)nc3ncnn23)CC1. The van der Waals surface area contributed by atoms with Gasteiger partial charge in [-0.1, -0.05) is 12.8 Å². The zero-order valence-electron chi connectivity index (χ0n) is 14.5. The first kappa shape index (κ1) is 17.2. The number of carbonyl (C=O) groups excluding carboxylic acids is 1. The molecule has 3 rings (SSSR count). The van der Waals surface area contributed by atoms with E-state index in [-0.39, 0.29) is 12.5 Å². The maximum Gasteiger partial charge on any atom is 0.254 e. The second-order valence-electron chi connectivity index (χ2n) is 6.03. The second-order valence-corrected chi connectivity index (χ2v) is 6.03. The van der Waals surface area contributed by atoms with Gasteiger partial charge < -0.3 is 10.2 Å². The Kier molecular flexibility index (Phi) is 5.46. The van der Waals surface area contributed by atoms with Crippen molar-refractivity contribution in [3.05, 3.63) is 18.1 Å². The highest BCUT2D eigenvalue weighted by Gasteiger charge is 2.20. The number of hydrogen-bond acceptors (Lipinski definition) is 6. The average molecular weight is 341 g/mol. The van der Waals surface area contributed by atoms with Crippen LogP contribution in [0.3, 0.4) is 0 Å². The van der Waals surface area contributed by atoms with Crippen LogP contribution in [0.4, 0.5) is 5.82 Å². The Labute approximate surface area is 147 Å². The number of nitrogens with zero attached hydrogens (tertiary/aromatic N) is 6. The summed E-state index contributed by atoms with van der Waals surface area (Å²) in [7, 11) is 0. The molecule has 1 N–H and O–H groups in total. The van der Waals surface area contributed by atoms with Gasteiger partial charge in [-0.05, 0) is 12.8 Å². The van der Waals surface area contributed by atoms with Gasteiger partial charge in [-0.15, -0.1) is 6.42 Å². The second kappa shape index (κ2) is 7.94. The number of anilines is 1. The van der Waals surface area contributed by atoms with Gasteiger partial charge in [-0.2, -0.15) is 14.6 Å². The molecule has 0 aliphatic carbocycles. The van der Waals surface area contributed by atoms with E-state index in [9.17, 15) is 4.79 Å². The van der Waals surface area contributed by atoms with Crippen molar-refractivity contribution >= 4 is 17.5 Å². The van der Waals surface area contributed by atoms with Crippen molar-refractivity contribution in [2.24, 2.45) is 0 Å². The normalized spacial score (nSPS) is 15.8. The highest BCUT2D eigenvalue weighted by Crippen LogP contribution is 2.18. The Hall–Kier alpha value is -2.66. The van der Waals surface area contributed by atoms with Crippen molar-refractivity contribution in [3.63, 3.8) is 0 Å². The lowest BCUT2D eigenvalue weighted by Gasteiger charge is -2.24. The lowest BCUT2D eigenvalue weighted by molar-refractivity contribution is -0.121. The topological polar surface area (TPSA) is 78.7 Å². The Morgan fingerprint density at radius 1 is 1.36 bits per heavy atom. The molecule has 1 aliphatic heterocycles. The molecule has 8 heteroatoms. The molecule has 0 unspecified atom stereocenters. The van der Waals surface area contributed by atoms with E-state index in [1.807, 2.05) is 0 Å². The van der Waals surface area contributed by atoms with Gasteiger partial charge in [0.2, 0.25) is 5.91 Å². The molecule has 0 bridgehead atoms. The zero-order chi connectivity index (χ0) is 17.6. The molecule has 8 nitrogen and oxygen atoms in total. The van der Waals surface area contributed by atoms with Gasteiger partial charge >= 0.3 is 0 Å². The van der Waals surface area contributed by atoms with E-state index < -0.39 is 0 Å². The van der Waals surface area contributed by atoms with Crippen LogP contribution < -0.4 is 10.2 Å². The van der Waals surface area contributed by atoms with E-state index in [0.29, 0.717) is 12.3 Å². The summed E-state index contributed by atoms with van der Waals surface area (Å²) in [5, 5.41) is 7.02. The molecule has 1 fully saturated rings. The molecule has 1 aliphatic rings. The minimum atomic E-state index is -0.0257. The highest BCUT2D eigenvalue weighted by atomic mass is 16.2. The standard InChI is InChI=1S/C17H23N7O/c1-3-6-18-15(25)12-22-7-5-8-23(10-9-22)16-11-14(4-2)21-17-19-13-20-24(16)17/h1,11,13H,4-10,12H2,2H3,(H,18,25). The molecular formula is C17H23N7O. The number of carbonyl (C=O) groups is 1. The van der Waals surface area contributed by atoms with Crippen LogP contribution in [-0.4, -0.2) is 69.7 Å². The minimum Gasteiger partial charge on any atom is -0.355 e. The first-order valence-electron chi connectivity index (χ1n) is 8.58. The van der Waals surface area contributed by atoms with Crippen molar-refractivity contribution in [1.82, 2.24) is 29.8 Å². The number of hydrogen-bond donors (Lipinski definition) is 1. The molecule has 1 amide bonds. The Morgan fingerprint density at radius 3 is 3.04 bits per heavy atom. The smallest absolute Gasteiger partial charge is 0.254 e. The third-order valence-electron chi connectivity index (χ3n) is 4.32. The van der Waals surface area contributed by atoms with Crippen LogP contribution in [0.1, 0.15) is 19.0 Å².